The molecule has 0 aliphatic rings. The van der Waals surface area contributed by atoms with Gasteiger partial charge in [-0.2, -0.15) is 0 Å². The molecule has 2 rings (SSSR count). The highest BCUT2D eigenvalue weighted by Crippen LogP contribution is 2.20. The van der Waals surface area contributed by atoms with Crippen molar-refractivity contribution in [1.29, 1.82) is 0 Å². The van der Waals surface area contributed by atoms with Crippen LogP contribution in [0.3, 0.4) is 0 Å². The van der Waals surface area contributed by atoms with Gasteiger partial charge in [0.1, 0.15) is 0 Å². The van der Waals surface area contributed by atoms with E-state index >= 15 is 0 Å². The Hall–Kier alpha value is -2.08. The molecule has 2 aromatic rings. The first kappa shape index (κ1) is 12.4. The molecule has 0 aliphatic heterocycles. The van der Waals surface area contributed by atoms with E-state index in [0.29, 0.717) is 10.9 Å². The average molecular weight is 260 g/mol. The number of rotatable bonds is 4. The standard InChI is InChI=1S/C12H12N4OS/c13-11(16-17)10-5-2-1-4-9(10)8-18-12-14-6-3-7-15-12/h1-7,17H,8H2,(H2,13,16). The third kappa shape index (κ3) is 2.98. The van der Waals surface area contributed by atoms with Gasteiger partial charge in [0.25, 0.3) is 0 Å². The molecule has 0 saturated heterocycles. The highest BCUT2D eigenvalue weighted by atomic mass is 32.2. The molecule has 0 radical (unpaired) electrons. The molecule has 0 bridgehead atoms. The Bertz CT molecular complexity index is 545. The van der Waals surface area contributed by atoms with Gasteiger partial charge in [0, 0.05) is 23.7 Å². The third-order valence-electron chi connectivity index (χ3n) is 2.30. The van der Waals surface area contributed by atoms with Crippen molar-refractivity contribution in [3.63, 3.8) is 0 Å². The minimum atomic E-state index is 0.111. The summed E-state index contributed by atoms with van der Waals surface area (Å²) in [6, 6.07) is 9.28. The third-order valence-corrected chi connectivity index (χ3v) is 3.22. The zero-order valence-corrected chi connectivity index (χ0v) is 10.3. The van der Waals surface area contributed by atoms with Crippen molar-refractivity contribution in [3.8, 4) is 0 Å². The van der Waals surface area contributed by atoms with Gasteiger partial charge in [0.2, 0.25) is 0 Å². The fraction of sp³-hybridized carbons (Fsp3) is 0.0833. The smallest absolute Gasteiger partial charge is 0.187 e. The van der Waals surface area contributed by atoms with Gasteiger partial charge in [-0.1, -0.05) is 41.2 Å². The quantitative estimate of drug-likeness (QED) is 0.219. The molecule has 0 fully saturated rings. The number of aromatic nitrogens is 2. The van der Waals surface area contributed by atoms with Crippen LogP contribution < -0.4 is 5.73 Å². The van der Waals surface area contributed by atoms with Crippen LogP contribution in [-0.2, 0) is 5.75 Å². The Morgan fingerprint density at radius 1 is 1.22 bits per heavy atom. The number of nitrogens with zero attached hydrogens (tertiary/aromatic N) is 3. The van der Waals surface area contributed by atoms with E-state index in [4.69, 9.17) is 10.9 Å². The van der Waals surface area contributed by atoms with Crippen LogP contribution in [0.2, 0.25) is 0 Å². The lowest BCUT2D eigenvalue weighted by atomic mass is 10.1. The predicted molar refractivity (Wildman–Crippen MR) is 70.5 cm³/mol. The Kier molecular flexibility index (Phi) is 4.14. The van der Waals surface area contributed by atoms with Gasteiger partial charge < -0.3 is 10.9 Å². The normalized spacial score (nSPS) is 11.4. The molecule has 0 saturated carbocycles. The second-order valence-electron chi connectivity index (χ2n) is 3.46. The maximum absolute atomic E-state index is 8.73. The fourth-order valence-corrected chi connectivity index (χ4v) is 2.26. The van der Waals surface area contributed by atoms with Crippen LogP contribution in [0.1, 0.15) is 11.1 Å². The van der Waals surface area contributed by atoms with Crippen molar-refractivity contribution in [2.75, 3.05) is 0 Å². The van der Waals surface area contributed by atoms with E-state index < -0.39 is 0 Å². The minimum Gasteiger partial charge on any atom is -0.409 e. The summed E-state index contributed by atoms with van der Waals surface area (Å²) in [6.45, 7) is 0. The van der Waals surface area contributed by atoms with Gasteiger partial charge in [-0.3, -0.25) is 0 Å². The van der Waals surface area contributed by atoms with Crippen molar-refractivity contribution in [2.45, 2.75) is 10.9 Å². The summed E-state index contributed by atoms with van der Waals surface area (Å²) in [7, 11) is 0. The van der Waals surface area contributed by atoms with Crippen LogP contribution in [0.15, 0.2) is 53.0 Å². The molecule has 1 heterocycles. The molecule has 0 atom stereocenters. The van der Waals surface area contributed by atoms with Crippen LogP contribution in [0, 0.1) is 0 Å². The highest BCUT2D eigenvalue weighted by molar-refractivity contribution is 7.98. The van der Waals surface area contributed by atoms with Crippen molar-refractivity contribution >= 4 is 17.6 Å². The van der Waals surface area contributed by atoms with E-state index in [1.54, 1.807) is 18.5 Å². The summed E-state index contributed by atoms with van der Waals surface area (Å²) in [5.74, 6) is 0.774. The van der Waals surface area contributed by atoms with E-state index in [1.165, 1.54) is 11.8 Å². The first-order chi connectivity index (χ1) is 8.81. The fourth-order valence-electron chi connectivity index (χ4n) is 1.45. The molecule has 0 spiro atoms. The number of oxime groups is 1. The minimum absolute atomic E-state index is 0.111. The molecule has 92 valence electrons. The first-order valence-corrected chi connectivity index (χ1v) is 6.25. The van der Waals surface area contributed by atoms with Crippen molar-refractivity contribution < 1.29 is 5.21 Å². The van der Waals surface area contributed by atoms with E-state index in [9.17, 15) is 0 Å². The summed E-state index contributed by atoms with van der Waals surface area (Å²) >= 11 is 1.50. The van der Waals surface area contributed by atoms with E-state index in [2.05, 4.69) is 15.1 Å². The second kappa shape index (κ2) is 6.02. The number of hydrogen-bond acceptors (Lipinski definition) is 5. The molecule has 0 aliphatic carbocycles. The van der Waals surface area contributed by atoms with Gasteiger partial charge >= 0.3 is 0 Å². The molecule has 5 nitrogen and oxygen atoms in total. The van der Waals surface area contributed by atoms with Crippen LogP contribution in [0.25, 0.3) is 0 Å². The van der Waals surface area contributed by atoms with Crippen LogP contribution in [-0.4, -0.2) is 21.0 Å². The second-order valence-corrected chi connectivity index (χ2v) is 4.40. The number of hydrogen-bond donors (Lipinski definition) is 2. The van der Waals surface area contributed by atoms with Gasteiger partial charge in [-0.05, 0) is 11.6 Å². The van der Waals surface area contributed by atoms with E-state index in [-0.39, 0.29) is 5.84 Å². The van der Waals surface area contributed by atoms with Crippen molar-refractivity contribution in [1.82, 2.24) is 9.97 Å². The molecular formula is C12H12N4OS. The monoisotopic (exact) mass is 260 g/mol. The Morgan fingerprint density at radius 3 is 2.67 bits per heavy atom. The maximum Gasteiger partial charge on any atom is 0.187 e. The molecule has 1 aromatic heterocycles. The topological polar surface area (TPSA) is 84.4 Å². The summed E-state index contributed by atoms with van der Waals surface area (Å²) in [4.78, 5) is 8.26. The molecule has 0 unspecified atom stereocenters. The Balaban J connectivity index is 2.15. The molecular weight excluding hydrogens is 248 g/mol. The summed E-state index contributed by atoms with van der Waals surface area (Å²) in [5, 5.41) is 12.5. The predicted octanol–water partition coefficient (Wildman–Crippen LogP) is 1.86. The SMILES string of the molecule is N/C(=N\O)c1ccccc1CSc1ncccn1. The van der Waals surface area contributed by atoms with Crippen LogP contribution in [0.5, 0.6) is 0 Å². The van der Waals surface area contributed by atoms with Gasteiger partial charge in [0.05, 0.1) is 0 Å². The molecule has 1 aromatic carbocycles. The largest absolute Gasteiger partial charge is 0.409 e. The summed E-state index contributed by atoms with van der Waals surface area (Å²) in [6.07, 6.45) is 3.40. The summed E-state index contributed by atoms with van der Waals surface area (Å²) < 4.78 is 0. The lowest BCUT2D eigenvalue weighted by Crippen LogP contribution is -2.15. The average Bonchev–Trinajstić information content (AvgIpc) is 2.45. The van der Waals surface area contributed by atoms with Crippen LogP contribution >= 0.6 is 11.8 Å². The van der Waals surface area contributed by atoms with Gasteiger partial charge in [-0.15, -0.1) is 0 Å². The first-order valence-electron chi connectivity index (χ1n) is 5.27. The number of thioether (sulfide) groups is 1. The van der Waals surface area contributed by atoms with Crippen LogP contribution in [0.4, 0.5) is 0 Å². The molecule has 3 N–H and O–H groups in total. The zero-order chi connectivity index (χ0) is 12.8. The van der Waals surface area contributed by atoms with Crippen molar-refractivity contribution in [2.24, 2.45) is 10.9 Å². The van der Waals surface area contributed by atoms with Gasteiger partial charge in [-0.25, -0.2) is 9.97 Å². The maximum atomic E-state index is 8.73. The van der Waals surface area contributed by atoms with Gasteiger partial charge in [0.15, 0.2) is 11.0 Å². The molecule has 0 amide bonds. The van der Waals surface area contributed by atoms with Crippen molar-refractivity contribution in [3.05, 3.63) is 53.9 Å². The Labute approximate surface area is 109 Å². The number of benzene rings is 1. The summed E-state index contributed by atoms with van der Waals surface area (Å²) in [5.41, 5.74) is 7.33. The van der Waals surface area contributed by atoms with E-state index in [0.717, 1.165) is 11.1 Å². The highest BCUT2D eigenvalue weighted by Gasteiger charge is 2.07. The van der Waals surface area contributed by atoms with E-state index in [1.807, 2.05) is 24.3 Å². The zero-order valence-electron chi connectivity index (χ0n) is 9.52. The number of amidine groups is 1. The lowest BCUT2D eigenvalue weighted by Gasteiger charge is -2.06. The molecule has 18 heavy (non-hydrogen) atoms. The number of nitrogens with two attached hydrogens (primary N) is 1. The lowest BCUT2D eigenvalue weighted by molar-refractivity contribution is 0.318. The molecule has 6 heteroatoms. The Morgan fingerprint density at radius 2 is 1.94 bits per heavy atom.